The van der Waals surface area contributed by atoms with Crippen LogP contribution < -0.4 is 5.32 Å². The van der Waals surface area contributed by atoms with Gasteiger partial charge in [-0.3, -0.25) is 4.79 Å². The van der Waals surface area contributed by atoms with Gasteiger partial charge in [0.15, 0.2) is 0 Å². The highest BCUT2D eigenvalue weighted by molar-refractivity contribution is 5.94. The summed E-state index contributed by atoms with van der Waals surface area (Å²) >= 11 is 0. The van der Waals surface area contributed by atoms with Crippen molar-refractivity contribution in [2.45, 2.75) is 26.8 Å². The van der Waals surface area contributed by atoms with E-state index >= 15 is 0 Å². The molecule has 0 unspecified atom stereocenters. The van der Waals surface area contributed by atoms with Crippen molar-refractivity contribution < 1.29 is 4.79 Å². The van der Waals surface area contributed by atoms with Crippen LogP contribution in [-0.4, -0.2) is 22.0 Å². The number of carbonyl (C=O) groups is 1. The molecule has 0 aliphatic rings. The topological polar surface area (TPSA) is 46.9 Å². The highest BCUT2D eigenvalue weighted by atomic mass is 16.1. The Kier molecular flexibility index (Phi) is 5.95. The smallest absolute Gasteiger partial charge is 0.251 e. The van der Waals surface area contributed by atoms with Gasteiger partial charge < -0.3 is 9.88 Å². The summed E-state index contributed by atoms with van der Waals surface area (Å²) in [5.41, 5.74) is 1.81. The number of nitrogens with one attached hydrogen (secondary N) is 1. The summed E-state index contributed by atoms with van der Waals surface area (Å²) in [7, 11) is 0. The lowest BCUT2D eigenvalue weighted by atomic mass is 10.1. The fourth-order valence-electron chi connectivity index (χ4n) is 2.03. The fraction of sp³-hybridized carbons (Fsp3) is 0.333. The van der Waals surface area contributed by atoms with E-state index in [0.29, 0.717) is 18.0 Å². The number of carbonyl (C=O) groups excluding carboxylic acids is 1. The summed E-state index contributed by atoms with van der Waals surface area (Å²) < 4.78 is 2.00. The number of allylic oxidation sites excluding steroid dienone is 1. The van der Waals surface area contributed by atoms with E-state index in [2.05, 4.69) is 36.3 Å². The van der Waals surface area contributed by atoms with Crippen molar-refractivity contribution in [2.24, 2.45) is 5.92 Å². The van der Waals surface area contributed by atoms with Crippen LogP contribution in [0.3, 0.4) is 0 Å². The Morgan fingerprint density at radius 1 is 1.32 bits per heavy atom. The van der Waals surface area contributed by atoms with Crippen LogP contribution in [0.5, 0.6) is 0 Å². The first-order valence-electron chi connectivity index (χ1n) is 7.67. The molecule has 1 aromatic heterocycles. The molecular weight excluding hydrogens is 274 g/mol. The van der Waals surface area contributed by atoms with Crippen LogP contribution >= 0.6 is 0 Å². The number of hydrogen-bond donors (Lipinski definition) is 1. The zero-order valence-corrected chi connectivity index (χ0v) is 13.2. The van der Waals surface area contributed by atoms with Gasteiger partial charge in [0, 0.05) is 31.0 Å². The van der Waals surface area contributed by atoms with Crippen LogP contribution in [0.25, 0.3) is 6.08 Å². The molecule has 0 aliphatic carbocycles. The zero-order chi connectivity index (χ0) is 15.8. The lowest BCUT2D eigenvalue weighted by Crippen LogP contribution is -2.25. The second kappa shape index (κ2) is 8.17. The van der Waals surface area contributed by atoms with Crippen molar-refractivity contribution in [3.63, 3.8) is 0 Å². The van der Waals surface area contributed by atoms with E-state index < -0.39 is 0 Å². The predicted molar refractivity (Wildman–Crippen MR) is 89.5 cm³/mol. The van der Waals surface area contributed by atoms with Gasteiger partial charge >= 0.3 is 0 Å². The van der Waals surface area contributed by atoms with Crippen LogP contribution in [0.1, 0.15) is 36.2 Å². The maximum atomic E-state index is 12.0. The number of imidazole rings is 1. The summed E-state index contributed by atoms with van der Waals surface area (Å²) in [6.45, 7) is 5.80. The third-order valence-electron chi connectivity index (χ3n) is 3.28. The highest BCUT2D eigenvalue weighted by Crippen LogP contribution is 2.08. The Labute approximate surface area is 131 Å². The first kappa shape index (κ1) is 16.0. The van der Waals surface area contributed by atoms with Gasteiger partial charge in [-0.05, 0) is 30.0 Å². The lowest BCUT2D eigenvalue weighted by molar-refractivity contribution is 0.0952. The van der Waals surface area contributed by atoms with Crippen molar-refractivity contribution >= 4 is 12.0 Å². The molecule has 0 bridgehead atoms. The standard InChI is InChI=1S/C18H23N3O/c1-15(2)4-5-16-6-8-17(9-7-16)18(22)20-10-3-12-21-13-11-19-14-21/h4-9,11,13-15H,3,10,12H2,1-2H3,(H,20,22)/b5-4+. The molecule has 0 saturated carbocycles. The summed E-state index contributed by atoms with van der Waals surface area (Å²) in [6.07, 6.45) is 10.6. The third kappa shape index (κ3) is 5.20. The van der Waals surface area contributed by atoms with Crippen LogP contribution in [0.15, 0.2) is 49.1 Å². The van der Waals surface area contributed by atoms with Crippen LogP contribution in [0.4, 0.5) is 0 Å². The molecule has 0 radical (unpaired) electrons. The van der Waals surface area contributed by atoms with Crippen LogP contribution in [0.2, 0.25) is 0 Å². The number of aromatic nitrogens is 2. The summed E-state index contributed by atoms with van der Waals surface area (Å²) in [6, 6.07) is 7.68. The minimum Gasteiger partial charge on any atom is -0.352 e. The minimum atomic E-state index is -0.0231. The Morgan fingerprint density at radius 2 is 2.09 bits per heavy atom. The molecule has 0 fully saturated rings. The average molecular weight is 297 g/mol. The van der Waals surface area contributed by atoms with E-state index in [-0.39, 0.29) is 5.91 Å². The van der Waals surface area contributed by atoms with Gasteiger partial charge in [0.05, 0.1) is 6.33 Å². The SMILES string of the molecule is CC(C)/C=C/c1ccc(C(=O)NCCCn2ccnc2)cc1. The molecule has 4 nitrogen and oxygen atoms in total. The number of amides is 1. The molecule has 1 amide bonds. The quantitative estimate of drug-likeness (QED) is 0.796. The number of nitrogens with zero attached hydrogens (tertiary/aromatic N) is 2. The second-order valence-corrected chi connectivity index (χ2v) is 5.64. The van der Waals surface area contributed by atoms with Crippen molar-refractivity contribution in [2.75, 3.05) is 6.54 Å². The van der Waals surface area contributed by atoms with Gasteiger partial charge in [-0.15, -0.1) is 0 Å². The van der Waals surface area contributed by atoms with Gasteiger partial charge in [0.25, 0.3) is 5.91 Å². The molecule has 0 aliphatic heterocycles. The summed E-state index contributed by atoms with van der Waals surface area (Å²) in [5.74, 6) is 0.503. The summed E-state index contributed by atoms with van der Waals surface area (Å²) in [5, 5.41) is 2.94. The molecule has 0 saturated heterocycles. The fourth-order valence-corrected chi connectivity index (χ4v) is 2.03. The zero-order valence-electron chi connectivity index (χ0n) is 13.2. The maximum Gasteiger partial charge on any atom is 0.251 e. The van der Waals surface area contributed by atoms with E-state index in [4.69, 9.17) is 0 Å². The second-order valence-electron chi connectivity index (χ2n) is 5.64. The minimum absolute atomic E-state index is 0.0231. The van der Waals surface area contributed by atoms with Gasteiger partial charge in [0.1, 0.15) is 0 Å². The molecule has 0 spiro atoms. The van der Waals surface area contributed by atoms with Gasteiger partial charge in [-0.1, -0.05) is 38.1 Å². The molecule has 2 rings (SSSR count). The Morgan fingerprint density at radius 3 is 2.73 bits per heavy atom. The highest BCUT2D eigenvalue weighted by Gasteiger charge is 2.04. The molecular formula is C18H23N3O. The van der Waals surface area contributed by atoms with Crippen LogP contribution in [-0.2, 0) is 6.54 Å². The number of aryl methyl sites for hydroxylation is 1. The monoisotopic (exact) mass is 297 g/mol. The van der Waals surface area contributed by atoms with E-state index in [1.165, 1.54) is 0 Å². The Balaban J connectivity index is 1.77. The predicted octanol–water partition coefficient (Wildman–Crippen LogP) is 3.37. The molecule has 22 heavy (non-hydrogen) atoms. The Bertz CT molecular complexity index is 598. The van der Waals surface area contributed by atoms with Gasteiger partial charge in [0.2, 0.25) is 0 Å². The summed E-state index contributed by atoms with van der Waals surface area (Å²) in [4.78, 5) is 16.0. The molecule has 2 aromatic rings. The van der Waals surface area contributed by atoms with Crippen molar-refractivity contribution in [3.8, 4) is 0 Å². The first-order chi connectivity index (χ1) is 10.6. The van der Waals surface area contributed by atoms with Gasteiger partial charge in [-0.25, -0.2) is 4.98 Å². The molecule has 116 valence electrons. The molecule has 1 N–H and O–H groups in total. The van der Waals surface area contributed by atoms with Crippen molar-refractivity contribution in [1.29, 1.82) is 0 Å². The number of hydrogen-bond acceptors (Lipinski definition) is 2. The largest absolute Gasteiger partial charge is 0.352 e. The van der Waals surface area contributed by atoms with Crippen molar-refractivity contribution in [1.82, 2.24) is 14.9 Å². The Hall–Kier alpha value is -2.36. The molecule has 4 heteroatoms. The van der Waals surface area contributed by atoms with Gasteiger partial charge in [-0.2, -0.15) is 0 Å². The lowest BCUT2D eigenvalue weighted by Gasteiger charge is -2.06. The van der Waals surface area contributed by atoms with Crippen LogP contribution in [0, 0.1) is 5.92 Å². The maximum absolute atomic E-state index is 12.0. The molecule has 1 heterocycles. The molecule has 1 aromatic carbocycles. The first-order valence-corrected chi connectivity index (χ1v) is 7.67. The van der Waals surface area contributed by atoms with E-state index in [9.17, 15) is 4.79 Å². The normalized spacial score (nSPS) is 11.2. The van der Waals surface area contributed by atoms with E-state index in [1.54, 1.807) is 12.5 Å². The van der Waals surface area contributed by atoms with E-state index in [1.807, 2.05) is 35.0 Å². The number of rotatable bonds is 7. The van der Waals surface area contributed by atoms with Crippen molar-refractivity contribution in [3.05, 3.63) is 60.2 Å². The third-order valence-corrected chi connectivity index (χ3v) is 3.28. The average Bonchev–Trinajstić information content (AvgIpc) is 3.03. The van der Waals surface area contributed by atoms with E-state index in [0.717, 1.165) is 18.5 Å². The molecule has 0 atom stereocenters. The number of benzene rings is 1.